The summed E-state index contributed by atoms with van der Waals surface area (Å²) in [5, 5.41) is 7.56. The van der Waals surface area contributed by atoms with Crippen molar-refractivity contribution in [1.82, 2.24) is 16.1 Å². The molecule has 1 aliphatic heterocycles. The Hall–Kier alpha value is -2.93. The van der Waals surface area contributed by atoms with Crippen LogP contribution in [0.15, 0.2) is 65.7 Å². The molecule has 0 aromatic heterocycles. The van der Waals surface area contributed by atoms with Crippen molar-refractivity contribution in [2.45, 2.75) is 0 Å². The third-order valence-electron chi connectivity index (χ3n) is 3.17. The lowest BCUT2D eigenvalue weighted by molar-refractivity contribution is 0.0977. The number of aliphatic imine (C=N–C) groups is 1. The fourth-order valence-electron chi connectivity index (χ4n) is 2.07. The van der Waals surface area contributed by atoms with Crippen LogP contribution in [0.5, 0.6) is 0 Å². The number of para-hydroxylation sites is 1. The number of anilines is 1. The minimum absolute atomic E-state index is 0.194. The second-order valence-corrected chi connectivity index (χ2v) is 5.21. The topological polar surface area (TPSA) is 68.8 Å². The van der Waals surface area contributed by atoms with Crippen molar-refractivity contribution in [3.63, 3.8) is 0 Å². The molecule has 116 valence electrons. The van der Waals surface area contributed by atoms with E-state index in [4.69, 9.17) is 12.2 Å². The minimum Gasteiger partial charge on any atom is -0.302 e. The van der Waals surface area contributed by atoms with E-state index >= 15 is 0 Å². The van der Waals surface area contributed by atoms with E-state index in [1.54, 1.807) is 24.3 Å². The van der Waals surface area contributed by atoms with Gasteiger partial charge in [-0.25, -0.2) is 4.99 Å². The van der Waals surface area contributed by atoms with Gasteiger partial charge in [-0.15, -0.1) is 0 Å². The maximum absolute atomic E-state index is 12.0. The molecular weight excluding hydrogens is 310 g/mol. The molecule has 0 unspecified atom stereocenters. The van der Waals surface area contributed by atoms with E-state index in [0.717, 1.165) is 5.69 Å². The lowest BCUT2D eigenvalue weighted by atomic mass is 10.2. The van der Waals surface area contributed by atoms with Crippen LogP contribution >= 0.6 is 12.2 Å². The van der Waals surface area contributed by atoms with Crippen LogP contribution < -0.4 is 21.1 Å². The number of rotatable bonds is 2. The van der Waals surface area contributed by atoms with Crippen molar-refractivity contribution >= 4 is 34.9 Å². The SMILES string of the molecule is O=C(NC(=S)NC1=NCN(c2ccccc2)N1)c1ccccc1. The van der Waals surface area contributed by atoms with Crippen LogP contribution in [0.3, 0.4) is 0 Å². The molecule has 2 aromatic carbocycles. The summed E-state index contributed by atoms with van der Waals surface area (Å²) in [6.07, 6.45) is 0. The van der Waals surface area contributed by atoms with Crippen LogP contribution in [0, 0.1) is 0 Å². The van der Waals surface area contributed by atoms with Gasteiger partial charge in [0.2, 0.25) is 5.96 Å². The lowest BCUT2D eigenvalue weighted by Gasteiger charge is -2.18. The quantitative estimate of drug-likeness (QED) is 0.732. The first-order valence-corrected chi connectivity index (χ1v) is 7.44. The second kappa shape index (κ2) is 6.89. The van der Waals surface area contributed by atoms with Gasteiger partial charge in [-0.1, -0.05) is 36.4 Å². The number of hydrazine groups is 1. The molecule has 6 nitrogen and oxygen atoms in total. The van der Waals surface area contributed by atoms with Crippen molar-refractivity contribution < 1.29 is 4.79 Å². The van der Waals surface area contributed by atoms with Crippen LogP contribution in [-0.2, 0) is 0 Å². The first-order chi connectivity index (χ1) is 11.2. The standard InChI is InChI=1S/C16H15N5OS/c22-14(12-7-3-1-4-8-12)18-16(23)19-15-17-11-21(20-15)13-9-5-2-6-10-13/h1-10H,11H2,(H3,17,18,19,20,22,23). The first kappa shape index (κ1) is 15.0. The van der Waals surface area contributed by atoms with Gasteiger partial charge in [0.05, 0.1) is 5.69 Å². The summed E-state index contributed by atoms with van der Waals surface area (Å²) in [6.45, 7) is 0.460. The molecule has 0 fully saturated rings. The van der Waals surface area contributed by atoms with Gasteiger partial charge in [0.1, 0.15) is 6.67 Å². The monoisotopic (exact) mass is 325 g/mol. The van der Waals surface area contributed by atoms with Crippen LogP contribution in [0.2, 0.25) is 0 Å². The third kappa shape index (κ3) is 3.83. The zero-order valence-electron chi connectivity index (χ0n) is 12.2. The number of nitrogens with one attached hydrogen (secondary N) is 3. The fourth-order valence-corrected chi connectivity index (χ4v) is 2.25. The molecule has 0 saturated heterocycles. The summed E-state index contributed by atoms with van der Waals surface area (Å²) in [7, 11) is 0. The van der Waals surface area contributed by atoms with Crippen LogP contribution in [0.4, 0.5) is 5.69 Å². The van der Waals surface area contributed by atoms with E-state index in [-0.39, 0.29) is 11.0 Å². The molecule has 1 heterocycles. The molecule has 0 atom stereocenters. The van der Waals surface area contributed by atoms with Crippen molar-refractivity contribution in [3.05, 3.63) is 66.2 Å². The summed E-state index contributed by atoms with van der Waals surface area (Å²) in [4.78, 5) is 16.3. The smallest absolute Gasteiger partial charge is 0.257 e. The molecule has 2 aromatic rings. The molecule has 0 radical (unpaired) electrons. The molecule has 7 heteroatoms. The van der Waals surface area contributed by atoms with Gasteiger partial charge in [-0.3, -0.25) is 20.5 Å². The van der Waals surface area contributed by atoms with Gasteiger partial charge in [-0.05, 0) is 36.5 Å². The van der Waals surface area contributed by atoms with E-state index in [2.05, 4.69) is 21.1 Å². The summed E-state index contributed by atoms with van der Waals surface area (Å²) in [5.41, 5.74) is 4.62. The van der Waals surface area contributed by atoms with E-state index in [9.17, 15) is 4.79 Å². The Morgan fingerprint density at radius 2 is 1.74 bits per heavy atom. The zero-order valence-corrected chi connectivity index (χ0v) is 13.0. The third-order valence-corrected chi connectivity index (χ3v) is 3.38. The minimum atomic E-state index is -0.262. The van der Waals surface area contributed by atoms with E-state index in [1.807, 2.05) is 41.4 Å². The molecule has 23 heavy (non-hydrogen) atoms. The summed E-state index contributed by atoms with van der Waals surface area (Å²) < 4.78 is 0. The Labute approximate surface area is 139 Å². The summed E-state index contributed by atoms with van der Waals surface area (Å²) in [5.74, 6) is 0.230. The molecule has 3 N–H and O–H groups in total. The lowest BCUT2D eigenvalue weighted by Crippen LogP contribution is -2.49. The van der Waals surface area contributed by atoms with E-state index in [1.165, 1.54) is 0 Å². The van der Waals surface area contributed by atoms with E-state index in [0.29, 0.717) is 18.2 Å². The Balaban J connectivity index is 1.52. The maximum atomic E-state index is 12.0. The number of carbonyl (C=O) groups excluding carboxylic acids is 1. The predicted molar refractivity (Wildman–Crippen MR) is 94.0 cm³/mol. The molecule has 3 rings (SSSR count). The molecule has 1 aliphatic rings. The number of guanidine groups is 1. The van der Waals surface area contributed by atoms with Gasteiger partial charge in [-0.2, -0.15) is 0 Å². The van der Waals surface area contributed by atoms with Crippen molar-refractivity contribution in [3.8, 4) is 0 Å². The average molecular weight is 325 g/mol. The average Bonchev–Trinajstić information content (AvgIpc) is 3.04. The second-order valence-electron chi connectivity index (χ2n) is 4.80. The number of carbonyl (C=O) groups is 1. The van der Waals surface area contributed by atoms with Crippen molar-refractivity contribution in [2.24, 2.45) is 4.99 Å². The maximum Gasteiger partial charge on any atom is 0.257 e. The number of amides is 1. The van der Waals surface area contributed by atoms with Gasteiger partial charge in [0.25, 0.3) is 5.91 Å². The Kier molecular flexibility index (Phi) is 4.49. The Morgan fingerprint density at radius 3 is 2.43 bits per heavy atom. The van der Waals surface area contributed by atoms with Gasteiger partial charge in [0, 0.05) is 5.56 Å². The van der Waals surface area contributed by atoms with Crippen LogP contribution in [-0.4, -0.2) is 23.6 Å². The Morgan fingerprint density at radius 1 is 1.09 bits per heavy atom. The molecule has 1 amide bonds. The first-order valence-electron chi connectivity index (χ1n) is 7.03. The van der Waals surface area contributed by atoms with Crippen LogP contribution in [0.25, 0.3) is 0 Å². The molecule has 0 saturated carbocycles. The molecule has 0 aliphatic carbocycles. The number of nitrogens with zero attached hydrogens (tertiary/aromatic N) is 2. The number of benzene rings is 2. The highest BCUT2D eigenvalue weighted by Crippen LogP contribution is 2.12. The number of hydrogen-bond donors (Lipinski definition) is 3. The van der Waals surface area contributed by atoms with Crippen LogP contribution in [0.1, 0.15) is 10.4 Å². The van der Waals surface area contributed by atoms with Gasteiger partial charge >= 0.3 is 0 Å². The van der Waals surface area contributed by atoms with Gasteiger partial charge < -0.3 is 5.32 Å². The van der Waals surface area contributed by atoms with Crippen molar-refractivity contribution in [2.75, 3.05) is 11.7 Å². The summed E-state index contributed by atoms with van der Waals surface area (Å²) >= 11 is 5.14. The van der Waals surface area contributed by atoms with E-state index < -0.39 is 0 Å². The highest BCUT2D eigenvalue weighted by atomic mass is 32.1. The highest BCUT2D eigenvalue weighted by molar-refractivity contribution is 7.80. The molecule has 0 bridgehead atoms. The highest BCUT2D eigenvalue weighted by Gasteiger charge is 2.16. The Bertz CT molecular complexity index is 733. The summed E-state index contributed by atoms with van der Waals surface area (Å²) in [6, 6.07) is 18.7. The predicted octanol–water partition coefficient (Wildman–Crippen LogP) is 1.63. The normalized spacial score (nSPS) is 13.0. The van der Waals surface area contributed by atoms with Gasteiger partial charge in [0.15, 0.2) is 5.11 Å². The largest absolute Gasteiger partial charge is 0.302 e. The zero-order chi connectivity index (χ0) is 16.1. The molecule has 0 spiro atoms. The number of thiocarbonyl (C=S) groups is 1. The van der Waals surface area contributed by atoms with Crippen molar-refractivity contribution in [1.29, 1.82) is 0 Å². The number of hydrogen-bond acceptors (Lipinski definition) is 5. The fraction of sp³-hybridized carbons (Fsp3) is 0.0625. The molecular formula is C16H15N5OS.